The van der Waals surface area contributed by atoms with Gasteiger partial charge in [-0.3, -0.25) is 4.57 Å². The summed E-state index contributed by atoms with van der Waals surface area (Å²) in [5.41, 5.74) is 6.56. The Labute approximate surface area is 250 Å². The number of nitrogens with zero attached hydrogens (tertiary/aromatic N) is 2. The molecule has 0 N–H and O–H groups in total. The molecule has 0 atom stereocenters. The zero-order valence-corrected chi connectivity index (χ0v) is 23.7. The van der Waals surface area contributed by atoms with Crippen molar-refractivity contribution in [3.8, 4) is 39.7 Å². The first-order chi connectivity index (χ1) is 21.3. The van der Waals surface area contributed by atoms with Gasteiger partial charge in [-0.15, -0.1) is 11.3 Å². The number of benzene rings is 7. The van der Waals surface area contributed by atoms with Gasteiger partial charge in [0.05, 0.1) is 11.2 Å². The maximum Gasteiger partial charge on any atom is 0.153 e. The van der Waals surface area contributed by atoms with Gasteiger partial charge in [-0.1, -0.05) is 97.1 Å². The Balaban J connectivity index is 1.33. The van der Waals surface area contributed by atoms with Crippen molar-refractivity contribution in [1.82, 2.24) is 9.55 Å². The van der Waals surface area contributed by atoms with E-state index >= 15 is 0 Å². The van der Waals surface area contributed by atoms with Crippen molar-refractivity contribution in [1.29, 1.82) is 0 Å². The van der Waals surface area contributed by atoms with Gasteiger partial charge in [0.1, 0.15) is 11.3 Å². The number of para-hydroxylation sites is 3. The fraction of sp³-hybridized carbons (Fsp3) is 0. The van der Waals surface area contributed by atoms with Crippen molar-refractivity contribution in [2.75, 3.05) is 0 Å². The summed E-state index contributed by atoms with van der Waals surface area (Å²) in [7, 11) is 0. The van der Waals surface area contributed by atoms with Gasteiger partial charge in [0, 0.05) is 25.7 Å². The summed E-state index contributed by atoms with van der Waals surface area (Å²) in [6.07, 6.45) is 0. The molecule has 0 unspecified atom stereocenters. The highest BCUT2D eigenvalue weighted by molar-refractivity contribution is 7.25. The molecule has 7 aromatic carbocycles. The van der Waals surface area contributed by atoms with Crippen LogP contribution in [0.3, 0.4) is 0 Å². The Bertz CT molecular complexity index is 2550. The predicted molar refractivity (Wildman–Crippen MR) is 180 cm³/mol. The minimum Gasteiger partial charge on any atom is -0.453 e. The fourth-order valence-electron chi connectivity index (χ4n) is 6.99. The molecule has 0 aliphatic carbocycles. The van der Waals surface area contributed by atoms with E-state index in [0.717, 1.165) is 39.6 Å². The van der Waals surface area contributed by atoms with E-state index in [1.165, 1.54) is 52.8 Å². The molecule has 0 fully saturated rings. The standard InChI is InChI=1S/C39H22N2OS/c1-3-13-28-26(11-1)36(23-20-21-25-24-10-5-8-19-34(24)43-35(25)22-23)27-12-2-4-14-29(27)37(28)39-40-30-15-9-18-33-38(30)41(39)31-16-6-7-17-32(31)42-33/h1-22H. The number of thiophene rings is 1. The second-order valence-corrected chi connectivity index (χ2v) is 12.2. The first-order valence-electron chi connectivity index (χ1n) is 14.5. The van der Waals surface area contributed by atoms with Crippen LogP contribution in [0.1, 0.15) is 0 Å². The number of rotatable bonds is 2. The number of imidazole rings is 1. The molecule has 10 rings (SSSR count). The second kappa shape index (κ2) is 8.54. The normalized spacial score (nSPS) is 12.4. The third-order valence-electron chi connectivity index (χ3n) is 8.79. The van der Waals surface area contributed by atoms with Crippen LogP contribution < -0.4 is 4.74 Å². The number of hydrogen-bond donors (Lipinski definition) is 0. The quantitative estimate of drug-likeness (QED) is 0.195. The minimum atomic E-state index is 0.830. The molecule has 0 saturated heterocycles. The largest absolute Gasteiger partial charge is 0.453 e. The van der Waals surface area contributed by atoms with Crippen LogP contribution in [0.4, 0.5) is 0 Å². The smallest absolute Gasteiger partial charge is 0.153 e. The second-order valence-electron chi connectivity index (χ2n) is 11.1. The van der Waals surface area contributed by atoms with E-state index < -0.39 is 0 Å². The third-order valence-corrected chi connectivity index (χ3v) is 9.92. The van der Waals surface area contributed by atoms with Gasteiger partial charge < -0.3 is 4.74 Å². The lowest BCUT2D eigenvalue weighted by atomic mass is 9.88. The van der Waals surface area contributed by atoms with Crippen molar-refractivity contribution in [3.05, 3.63) is 133 Å². The van der Waals surface area contributed by atoms with Crippen LogP contribution >= 0.6 is 11.3 Å². The third kappa shape index (κ3) is 3.16. The molecule has 0 amide bonds. The highest BCUT2D eigenvalue weighted by Gasteiger charge is 2.27. The summed E-state index contributed by atoms with van der Waals surface area (Å²) in [6, 6.07) is 47.6. The average molecular weight is 567 g/mol. The van der Waals surface area contributed by atoms with Crippen LogP contribution in [0, 0.1) is 0 Å². The fourth-order valence-corrected chi connectivity index (χ4v) is 8.13. The van der Waals surface area contributed by atoms with Gasteiger partial charge in [0.15, 0.2) is 11.5 Å². The van der Waals surface area contributed by atoms with Crippen molar-refractivity contribution in [2.24, 2.45) is 0 Å². The average Bonchev–Trinajstić information content (AvgIpc) is 3.63. The molecule has 0 radical (unpaired) electrons. The highest BCUT2D eigenvalue weighted by Crippen LogP contribution is 2.48. The van der Waals surface area contributed by atoms with E-state index in [1.807, 2.05) is 35.6 Å². The SMILES string of the molecule is c1ccc2c(c1)Oc1cccc3nc(-c4c5ccccc5c(-c5ccc6c(c5)sc5ccccc56)c5ccccc45)n-2c13. The molecule has 0 bridgehead atoms. The van der Waals surface area contributed by atoms with Crippen molar-refractivity contribution in [2.45, 2.75) is 0 Å². The van der Waals surface area contributed by atoms with Crippen molar-refractivity contribution in [3.63, 3.8) is 0 Å². The first-order valence-corrected chi connectivity index (χ1v) is 15.3. The molecule has 43 heavy (non-hydrogen) atoms. The van der Waals surface area contributed by atoms with Crippen LogP contribution in [0.15, 0.2) is 133 Å². The van der Waals surface area contributed by atoms with Gasteiger partial charge in [-0.05, 0) is 69.1 Å². The first kappa shape index (κ1) is 23.1. The molecular formula is C39H22N2OS. The summed E-state index contributed by atoms with van der Waals surface area (Å²) in [5, 5.41) is 7.45. The molecule has 0 spiro atoms. The molecule has 2 aromatic heterocycles. The van der Waals surface area contributed by atoms with E-state index in [9.17, 15) is 0 Å². The van der Waals surface area contributed by atoms with Gasteiger partial charge >= 0.3 is 0 Å². The summed E-state index contributed by atoms with van der Waals surface area (Å²) >= 11 is 1.86. The van der Waals surface area contributed by atoms with E-state index in [1.54, 1.807) is 0 Å². The van der Waals surface area contributed by atoms with Crippen molar-refractivity contribution >= 4 is 64.1 Å². The minimum absolute atomic E-state index is 0.830. The van der Waals surface area contributed by atoms with Gasteiger partial charge in [-0.25, -0.2) is 4.98 Å². The summed E-state index contributed by atoms with van der Waals surface area (Å²) in [6.45, 7) is 0. The Morgan fingerprint density at radius 2 is 1.14 bits per heavy atom. The lowest BCUT2D eigenvalue weighted by molar-refractivity contribution is 0.476. The molecule has 0 saturated carbocycles. The predicted octanol–water partition coefficient (Wildman–Crippen LogP) is 11.1. The Kier molecular flexibility index (Phi) is 4.60. The molecule has 1 aliphatic rings. The molecule has 1 aliphatic heterocycles. The maximum atomic E-state index is 6.35. The topological polar surface area (TPSA) is 27.1 Å². The van der Waals surface area contributed by atoms with Crippen LogP contribution in [0.2, 0.25) is 0 Å². The number of hydrogen-bond acceptors (Lipinski definition) is 3. The zero-order chi connectivity index (χ0) is 28.1. The zero-order valence-electron chi connectivity index (χ0n) is 22.9. The van der Waals surface area contributed by atoms with E-state index in [-0.39, 0.29) is 0 Å². The number of ether oxygens (including phenoxy) is 1. The Hall–Kier alpha value is -5.45. The number of aromatic nitrogens is 2. The summed E-state index contributed by atoms with van der Waals surface area (Å²) in [4.78, 5) is 5.31. The van der Waals surface area contributed by atoms with Crippen LogP contribution in [0.25, 0.3) is 81.0 Å². The molecular weight excluding hydrogens is 545 g/mol. The molecule has 9 aromatic rings. The summed E-state index contributed by atoms with van der Waals surface area (Å²) < 4.78 is 11.3. The van der Waals surface area contributed by atoms with Crippen LogP contribution in [-0.2, 0) is 0 Å². The lowest BCUT2D eigenvalue weighted by Crippen LogP contribution is -2.06. The van der Waals surface area contributed by atoms with E-state index in [2.05, 4.69) is 114 Å². The highest BCUT2D eigenvalue weighted by atomic mass is 32.1. The Morgan fingerprint density at radius 1 is 0.512 bits per heavy atom. The van der Waals surface area contributed by atoms with E-state index in [0.29, 0.717) is 0 Å². The molecule has 3 nitrogen and oxygen atoms in total. The number of fused-ring (bicyclic) bond motifs is 7. The van der Waals surface area contributed by atoms with E-state index in [4.69, 9.17) is 9.72 Å². The van der Waals surface area contributed by atoms with Crippen molar-refractivity contribution < 1.29 is 4.74 Å². The maximum absolute atomic E-state index is 6.35. The molecule has 3 heterocycles. The molecule has 200 valence electrons. The lowest BCUT2D eigenvalue weighted by Gasteiger charge is -2.22. The van der Waals surface area contributed by atoms with Gasteiger partial charge in [-0.2, -0.15) is 0 Å². The monoisotopic (exact) mass is 566 g/mol. The van der Waals surface area contributed by atoms with Gasteiger partial charge in [0.25, 0.3) is 0 Å². The van der Waals surface area contributed by atoms with Crippen LogP contribution in [-0.4, -0.2) is 9.55 Å². The Morgan fingerprint density at radius 3 is 1.93 bits per heavy atom. The van der Waals surface area contributed by atoms with Gasteiger partial charge in [0.2, 0.25) is 0 Å². The van der Waals surface area contributed by atoms with Crippen LogP contribution in [0.5, 0.6) is 11.5 Å². The summed E-state index contributed by atoms with van der Waals surface area (Å²) in [5.74, 6) is 2.59. The molecule has 4 heteroatoms.